The number of nitrogens with one attached hydrogen (secondary N) is 2. The molecule has 4 heterocycles. The number of sulfonamides is 1. The molecule has 32 heavy (non-hydrogen) atoms. The van der Waals surface area contributed by atoms with Gasteiger partial charge in [0.15, 0.2) is 5.82 Å². The summed E-state index contributed by atoms with van der Waals surface area (Å²) in [6.07, 6.45) is 6.14. The van der Waals surface area contributed by atoms with Crippen molar-refractivity contribution in [2.24, 2.45) is 4.99 Å². The van der Waals surface area contributed by atoms with Gasteiger partial charge in [-0.05, 0) is 42.7 Å². The van der Waals surface area contributed by atoms with Crippen molar-refractivity contribution < 1.29 is 8.42 Å². The molecule has 0 aliphatic carbocycles. The van der Waals surface area contributed by atoms with Crippen LogP contribution in [0.3, 0.4) is 0 Å². The van der Waals surface area contributed by atoms with E-state index in [1.54, 1.807) is 24.5 Å². The van der Waals surface area contributed by atoms with Crippen molar-refractivity contribution in [1.29, 1.82) is 0 Å². The predicted octanol–water partition coefficient (Wildman–Crippen LogP) is 3.14. The van der Waals surface area contributed by atoms with E-state index in [-0.39, 0.29) is 11.4 Å². The third-order valence-corrected chi connectivity index (χ3v) is 7.69. The molecule has 0 saturated carbocycles. The summed E-state index contributed by atoms with van der Waals surface area (Å²) in [7, 11) is -3.67. The molecular weight excluding hydrogens is 424 g/mol. The number of fused-ring (bicyclic) bond motifs is 1. The van der Waals surface area contributed by atoms with Crippen LogP contribution in [0.2, 0.25) is 0 Å². The molecule has 164 valence electrons. The van der Waals surface area contributed by atoms with E-state index in [1.165, 1.54) is 10.5 Å². The number of aliphatic imine (C=N–C) groups is 1. The first-order valence-electron chi connectivity index (χ1n) is 10.6. The number of hydrogen-bond donors (Lipinski definition) is 2. The monoisotopic (exact) mass is 448 g/mol. The minimum absolute atomic E-state index is 0.200. The fourth-order valence-electron chi connectivity index (χ4n) is 4.26. The van der Waals surface area contributed by atoms with Gasteiger partial charge in [0.25, 0.3) is 0 Å². The number of aromatic nitrogens is 2. The van der Waals surface area contributed by atoms with Crippen molar-refractivity contribution in [2.45, 2.75) is 29.8 Å². The number of hydrogen-bond acceptors (Lipinski definition) is 6. The normalized spacial score (nSPS) is 22.2. The van der Waals surface area contributed by atoms with Crippen molar-refractivity contribution in [1.82, 2.24) is 14.3 Å². The van der Waals surface area contributed by atoms with Crippen LogP contribution in [0.15, 0.2) is 83.1 Å². The summed E-state index contributed by atoms with van der Waals surface area (Å²) >= 11 is 0. The van der Waals surface area contributed by atoms with Crippen LogP contribution in [0.5, 0.6) is 0 Å². The highest BCUT2D eigenvalue weighted by Crippen LogP contribution is 2.36. The standard InChI is InChI=1S/C23H24N6O2S/c30-32(31,19-9-4-12-24-16-19)29-14-6-11-23(17-29)22(26-15-18-7-2-1-3-8-18)27-21-20(28-23)10-5-13-25-21/h1-5,7-10,12-13,16,28H,6,11,14-15,17H2,(H,25,26,27). The second-order valence-corrected chi connectivity index (χ2v) is 9.95. The quantitative estimate of drug-likeness (QED) is 0.636. The van der Waals surface area contributed by atoms with E-state index in [0.29, 0.717) is 31.2 Å². The zero-order chi connectivity index (χ0) is 22.0. The molecule has 0 bridgehead atoms. The minimum Gasteiger partial charge on any atom is -0.369 e. The summed E-state index contributed by atoms with van der Waals surface area (Å²) in [4.78, 5) is 13.5. The third kappa shape index (κ3) is 3.85. The third-order valence-electron chi connectivity index (χ3n) is 5.86. The van der Waals surface area contributed by atoms with E-state index < -0.39 is 15.6 Å². The van der Waals surface area contributed by atoms with Gasteiger partial charge in [-0.3, -0.25) is 9.98 Å². The van der Waals surface area contributed by atoms with Crippen LogP contribution in [0.4, 0.5) is 11.5 Å². The molecule has 1 unspecified atom stereocenters. The van der Waals surface area contributed by atoms with Gasteiger partial charge >= 0.3 is 0 Å². The maximum Gasteiger partial charge on any atom is 0.244 e. The van der Waals surface area contributed by atoms with Crippen LogP contribution in [-0.4, -0.2) is 47.2 Å². The molecular formula is C23H24N6O2S. The highest BCUT2D eigenvalue weighted by atomic mass is 32.2. The molecule has 1 fully saturated rings. The zero-order valence-electron chi connectivity index (χ0n) is 17.5. The van der Waals surface area contributed by atoms with Gasteiger partial charge in [-0.25, -0.2) is 13.4 Å². The van der Waals surface area contributed by atoms with E-state index in [4.69, 9.17) is 4.99 Å². The Kier molecular flexibility index (Phi) is 5.36. The fourth-order valence-corrected chi connectivity index (χ4v) is 5.77. The summed E-state index contributed by atoms with van der Waals surface area (Å²) < 4.78 is 28.2. The van der Waals surface area contributed by atoms with E-state index in [9.17, 15) is 8.42 Å². The van der Waals surface area contributed by atoms with Crippen molar-refractivity contribution >= 4 is 27.4 Å². The lowest BCUT2D eigenvalue weighted by Gasteiger charge is -2.46. The summed E-state index contributed by atoms with van der Waals surface area (Å²) in [5.74, 6) is 1.40. The van der Waals surface area contributed by atoms with Crippen LogP contribution in [0.1, 0.15) is 18.4 Å². The van der Waals surface area contributed by atoms with Crippen LogP contribution in [0, 0.1) is 0 Å². The molecule has 2 aliphatic rings. The van der Waals surface area contributed by atoms with Gasteiger partial charge < -0.3 is 10.6 Å². The first-order chi connectivity index (χ1) is 15.6. The van der Waals surface area contributed by atoms with Crippen molar-refractivity contribution in [2.75, 3.05) is 23.7 Å². The molecule has 8 nitrogen and oxygen atoms in total. The highest BCUT2D eigenvalue weighted by Gasteiger charge is 2.46. The zero-order valence-corrected chi connectivity index (χ0v) is 18.3. The predicted molar refractivity (Wildman–Crippen MR) is 124 cm³/mol. The average Bonchev–Trinajstić information content (AvgIpc) is 2.84. The van der Waals surface area contributed by atoms with Gasteiger partial charge in [0.2, 0.25) is 10.0 Å². The number of amidine groups is 1. The molecule has 2 N–H and O–H groups in total. The molecule has 1 aromatic carbocycles. The molecule has 5 rings (SSSR count). The van der Waals surface area contributed by atoms with E-state index >= 15 is 0 Å². The number of rotatable bonds is 4. The maximum absolute atomic E-state index is 13.3. The Balaban J connectivity index is 1.51. The Labute approximate surface area is 187 Å². The molecule has 0 radical (unpaired) electrons. The topological polar surface area (TPSA) is 99.6 Å². The minimum atomic E-state index is -3.67. The number of benzene rings is 1. The summed E-state index contributed by atoms with van der Waals surface area (Å²) in [5.41, 5.74) is 1.25. The van der Waals surface area contributed by atoms with Gasteiger partial charge in [-0.1, -0.05) is 30.3 Å². The van der Waals surface area contributed by atoms with Crippen molar-refractivity contribution in [3.63, 3.8) is 0 Å². The highest BCUT2D eigenvalue weighted by molar-refractivity contribution is 7.89. The van der Waals surface area contributed by atoms with Gasteiger partial charge in [0.1, 0.15) is 16.3 Å². The Morgan fingerprint density at radius 3 is 2.72 bits per heavy atom. The van der Waals surface area contributed by atoms with Gasteiger partial charge in [0, 0.05) is 31.7 Å². The smallest absolute Gasteiger partial charge is 0.244 e. The second-order valence-electron chi connectivity index (χ2n) is 8.01. The number of anilines is 2. The number of pyridine rings is 2. The maximum atomic E-state index is 13.3. The molecule has 1 spiro atoms. The Bertz CT molecular complexity index is 1230. The van der Waals surface area contributed by atoms with Crippen LogP contribution < -0.4 is 10.6 Å². The fraction of sp³-hybridized carbons (Fsp3) is 0.261. The number of piperidine rings is 1. The largest absolute Gasteiger partial charge is 0.369 e. The lowest BCUT2D eigenvalue weighted by atomic mass is 9.86. The molecule has 3 aromatic rings. The second kappa shape index (κ2) is 8.33. The van der Waals surface area contributed by atoms with Crippen LogP contribution >= 0.6 is 0 Å². The lowest BCUT2D eigenvalue weighted by Crippen LogP contribution is -2.62. The number of nitrogens with zero attached hydrogens (tertiary/aromatic N) is 4. The average molecular weight is 449 g/mol. The molecule has 1 atom stereocenters. The molecule has 2 aliphatic heterocycles. The van der Waals surface area contributed by atoms with Crippen molar-refractivity contribution in [3.05, 3.63) is 78.8 Å². The van der Waals surface area contributed by atoms with E-state index in [1.807, 2.05) is 42.5 Å². The molecule has 2 aromatic heterocycles. The first-order valence-corrected chi connectivity index (χ1v) is 12.0. The Hall–Kier alpha value is -3.30. The van der Waals surface area contributed by atoms with Crippen LogP contribution in [-0.2, 0) is 16.6 Å². The Morgan fingerprint density at radius 1 is 1.06 bits per heavy atom. The summed E-state index contributed by atoms with van der Waals surface area (Å²) in [6, 6.07) is 17.0. The lowest BCUT2D eigenvalue weighted by molar-refractivity contribution is 0.293. The van der Waals surface area contributed by atoms with Crippen LogP contribution in [0.25, 0.3) is 0 Å². The Morgan fingerprint density at radius 2 is 1.91 bits per heavy atom. The van der Waals surface area contributed by atoms with Crippen molar-refractivity contribution in [3.8, 4) is 0 Å². The van der Waals surface area contributed by atoms with Gasteiger partial charge in [-0.2, -0.15) is 4.31 Å². The van der Waals surface area contributed by atoms with E-state index in [2.05, 4.69) is 20.6 Å². The van der Waals surface area contributed by atoms with E-state index in [0.717, 1.165) is 17.7 Å². The molecule has 0 amide bonds. The molecule has 1 saturated heterocycles. The first kappa shape index (κ1) is 20.6. The SMILES string of the molecule is O=S(=O)(c1cccnc1)N1CCCC2(C1)Nc1cccnc1NC2=NCc1ccccc1. The van der Waals surface area contributed by atoms with Gasteiger partial charge in [-0.15, -0.1) is 0 Å². The van der Waals surface area contributed by atoms with Gasteiger partial charge in [0.05, 0.1) is 12.2 Å². The summed E-state index contributed by atoms with van der Waals surface area (Å²) in [6.45, 7) is 1.20. The summed E-state index contributed by atoms with van der Waals surface area (Å²) in [5, 5.41) is 6.96. The molecule has 9 heteroatoms.